The summed E-state index contributed by atoms with van der Waals surface area (Å²) < 4.78 is 5.64. The highest BCUT2D eigenvalue weighted by Gasteiger charge is 2.47. The number of carbonyl (C=O) groups excluding carboxylic acids is 1. The second kappa shape index (κ2) is 3.98. The topological polar surface area (TPSA) is 26.3 Å². The number of hydrogen-bond acceptors (Lipinski definition) is 2. The summed E-state index contributed by atoms with van der Waals surface area (Å²) >= 11 is 0. The summed E-state index contributed by atoms with van der Waals surface area (Å²) in [4.78, 5) is 12.4. The zero-order valence-electron chi connectivity index (χ0n) is 10.9. The Labute approximate surface area is 108 Å². The number of benzene rings is 1. The van der Waals surface area contributed by atoms with E-state index in [1.54, 1.807) is 0 Å². The molecule has 1 aromatic rings. The van der Waals surface area contributed by atoms with Gasteiger partial charge < -0.3 is 4.74 Å². The van der Waals surface area contributed by atoms with E-state index in [1.807, 2.05) is 32.0 Å². The van der Waals surface area contributed by atoms with Gasteiger partial charge in [0.2, 0.25) is 0 Å². The van der Waals surface area contributed by atoms with E-state index >= 15 is 0 Å². The molecule has 0 saturated heterocycles. The molecule has 1 saturated carbocycles. The number of rotatable bonds is 2. The summed E-state index contributed by atoms with van der Waals surface area (Å²) in [6.07, 6.45) is 7.25. The number of allylic oxidation sites excluding steroid dienone is 1. The van der Waals surface area contributed by atoms with Crippen LogP contribution in [0.3, 0.4) is 0 Å². The first-order valence-electron chi connectivity index (χ1n) is 6.59. The van der Waals surface area contributed by atoms with Crippen molar-refractivity contribution in [2.24, 2.45) is 11.3 Å². The van der Waals surface area contributed by atoms with Crippen LogP contribution in [-0.4, -0.2) is 5.97 Å². The molecule has 0 spiro atoms. The van der Waals surface area contributed by atoms with Crippen LogP contribution in [0.2, 0.25) is 0 Å². The van der Waals surface area contributed by atoms with Gasteiger partial charge in [-0.25, -0.2) is 0 Å². The summed E-state index contributed by atoms with van der Waals surface area (Å²) in [5, 5.41) is 0. The van der Waals surface area contributed by atoms with E-state index in [1.165, 1.54) is 0 Å². The normalized spacial score (nSPS) is 28.7. The summed E-state index contributed by atoms with van der Waals surface area (Å²) in [6, 6.07) is 5.85. The lowest BCUT2D eigenvalue weighted by Crippen LogP contribution is -2.29. The van der Waals surface area contributed by atoms with Crippen molar-refractivity contribution in [2.75, 3.05) is 0 Å². The minimum Gasteiger partial charge on any atom is -0.426 e. The van der Waals surface area contributed by atoms with Crippen molar-refractivity contribution in [3.63, 3.8) is 0 Å². The zero-order valence-corrected chi connectivity index (χ0v) is 10.9. The first-order chi connectivity index (χ1) is 8.61. The van der Waals surface area contributed by atoms with Crippen LogP contribution in [0.4, 0.5) is 0 Å². The molecule has 0 aromatic heterocycles. The molecular weight excluding hydrogens is 224 g/mol. The number of esters is 1. The van der Waals surface area contributed by atoms with E-state index < -0.39 is 0 Å². The Morgan fingerprint density at radius 2 is 2.22 bits per heavy atom. The molecule has 0 aliphatic heterocycles. The van der Waals surface area contributed by atoms with Crippen LogP contribution in [0.5, 0.6) is 5.75 Å². The minimum atomic E-state index is -0.332. The number of hydrogen-bond donors (Lipinski definition) is 0. The Morgan fingerprint density at radius 3 is 2.83 bits per heavy atom. The highest BCUT2D eigenvalue weighted by atomic mass is 16.5. The molecule has 2 aliphatic rings. The van der Waals surface area contributed by atoms with E-state index in [2.05, 4.69) is 12.2 Å². The maximum Gasteiger partial charge on any atom is 0.321 e. The second-order valence-electron chi connectivity index (χ2n) is 5.61. The van der Waals surface area contributed by atoms with Crippen LogP contribution in [0.1, 0.15) is 30.4 Å². The summed E-state index contributed by atoms with van der Waals surface area (Å²) in [7, 11) is 0. The lowest BCUT2D eigenvalue weighted by atomic mass is 9.88. The third-order valence-electron chi connectivity index (χ3n) is 4.44. The van der Waals surface area contributed by atoms with Crippen molar-refractivity contribution in [2.45, 2.75) is 33.1 Å². The van der Waals surface area contributed by atoms with Gasteiger partial charge in [-0.15, -0.1) is 0 Å². The van der Waals surface area contributed by atoms with Gasteiger partial charge in [-0.05, 0) is 56.2 Å². The summed E-state index contributed by atoms with van der Waals surface area (Å²) in [6.45, 7) is 4.03. The summed E-state index contributed by atoms with van der Waals surface area (Å²) in [5.41, 5.74) is 1.88. The van der Waals surface area contributed by atoms with E-state index in [9.17, 15) is 4.79 Å². The fourth-order valence-electron chi connectivity index (χ4n) is 3.04. The minimum absolute atomic E-state index is 0.0764. The van der Waals surface area contributed by atoms with Crippen LogP contribution in [-0.2, 0) is 4.79 Å². The van der Waals surface area contributed by atoms with Gasteiger partial charge in [-0.3, -0.25) is 4.79 Å². The molecule has 2 bridgehead atoms. The van der Waals surface area contributed by atoms with Crippen molar-refractivity contribution in [1.82, 2.24) is 0 Å². The fourth-order valence-corrected chi connectivity index (χ4v) is 3.04. The quantitative estimate of drug-likeness (QED) is 0.450. The van der Waals surface area contributed by atoms with Gasteiger partial charge in [-0.2, -0.15) is 0 Å². The molecule has 1 aromatic carbocycles. The van der Waals surface area contributed by atoms with Crippen LogP contribution >= 0.6 is 0 Å². The lowest BCUT2D eigenvalue weighted by Gasteiger charge is -2.21. The molecule has 0 heterocycles. The van der Waals surface area contributed by atoms with Gasteiger partial charge in [0.25, 0.3) is 0 Å². The average Bonchev–Trinajstić information content (AvgIpc) is 2.96. The van der Waals surface area contributed by atoms with Crippen molar-refractivity contribution in [3.05, 3.63) is 41.5 Å². The SMILES string of the molecule is Cc1cccc(OC(=O)C23C=CC(CC2)C3)c1C. The van der Waals surface area contributed by atoms with Gasteiger partial charge in [0.1, 0.15) is 5.75 Å². The lowest BCUT2D eigenvalue weighted by molar-refractivity contribution is -0.142. The number of carbonyl (C=O) groups is 1. The Balaban J connectivity index is 1.83. The van der Waals surface area contributed by atoms with Crippen LogP contribution in [0, 0.1) is 25.2 Å². The molecule has 2 nitrogen and oxygen atoms in total. The van der Waals surface area contributed by atoms with E-state index in [-0.39, 0.29) is 11.4 Å². The molecule has 0 amide bonds. The molecule has 94 valence electrons. The molecule has 2 unspecified atom stereocenters. The Morgan fingerprint density at radius 1 is 1.39 bits per heavy atom. The number of aryl methyl sites for hydroxylation is 1. The molecule has 0 radical (unpaired) electrons. The van der Waals surface area contributed by atoms with Crippen LogP contribution in [0.25, 0.3) is 0 Å². The van der Waals surface area contributed by atoms with Crippen LogP contribution in [0.15, 0.2) is 30.4 Å². The fraction of sp³-hybridized carbons (Fsp3) is 0.438. The third-order valence-corrected chi connectivity index (χ3v) is 4.44. The average molecular weight is 242 g/mol. The number of fused-ring (bicyclic) bond motifs is 2. The highest BCUT2D eigenvalue weighted by Crippen LogP contribution is 2.49. The zero-order chi connectivity index (χ0) is 12.8. The monoisotopic (exact) mass is 242 g/mol. The second-order valence-corrected chi connectivity index (χ2v) is 5.61. The third kappa shape index (κ3) is 1.67. The van der Waals surface area contributed by atoms with Crippen molar-refractivity contribution in [1.29, 1.82) is 0 Å². The molecule has 18 heavy (non-hydrogen) atoms. The van der Waals surface area contributed by atoms with Gasteiger partial charge in [-0.1, -0.05) is 24.3 Å². The Hall–Kier alpha value is -1.57. The number of ether oxygens (including phenoxy) is 1. The molecular formula is C16H18O2. The van der Waals surface area contributed by atoms with Gasteiger partial charge in [0.15, 0.2) is 0 Å². The first-order valence-corrected chi connectivity index (χ1v) is 6.59. The van der Waals surface area contributed by atoms with E-state index in [0.717, 1.165) is 30.4 Å². The van der Waals surface area contributed by atoms with Crippen molar-refractivity contribution >= 4 is 5.97 Å². The maximum absolute atomic E-state index is 12.4. The first kappa shape index (κ1) is 11.5. The molecule has 2 atom stereocenters. The van der Waals surface area contributed by atoms with Crippen LogP contribution < -0.4 is 4.74 Å². The van der Waals surface area contributed by atoms with Gasteiger partial charge in [0.05, 0.1) is 5.41 Å². The van der Waals surface area contributed by atoms with E-state index in [0.29, 0.717) is 11.7 Å². The summed E-state index contributed by atoms with van der Waals surface area (Å²) in [5.74, 6) is 1.22. The van der Waals surface area contributed by atoms with Gasteiger partial charge >= 0.3 is 5.97 Å². The van der Waals surface area contributed by atoms with E-state index in [4.69, 9.17) is 4.74 Å². The molecule has 2 heteroatoms. The largest absolute Gasteiger partial charge is 0.426 e. The predicted molar refractivity (Wildman–Crippen MR) is 70.5 cm³/mol. The Kier molecular flexibility index (Phi) is 2.54. The smallest absolute Gasteiger partial charge is 0.321 e. The Bertz CT molecular complexity index is 530. The molecule has 3 rings (SSSR count). The highest BCUT2D eigenvalue weighted by molar-refractivity contribution is 5.83. The molecule has 0 N–H and O–H groups in total. The predicted octanol–water partition coefficient (Wildman–Crippen LogP) is 3.57. The van der Waals surface area contributed by atoms with Crippen molar-refractivity contribution < 1.29 is 9.53 Å². The van der Waals surface area contributed by atoms with Crippen molar-refractivity contribution in [3.8, 4) is 5.75 Å². The molecule has 1 fully saturated rings. The maximum atomic E-state index is 12.4. The standard InChI is InChI=1S/C16H18O2/c1-11-4-3-5-14(12(11)2)18-15(17)16-8-6-13(10-16)7-9-16/h3-6,8,13H,7,9-10H2,1-2H3. The van der Waals surface area contributed by atoms with Gasteiger partial charge in [0, 0.05) is 0 Å². The molecule has 2 aliphatic carbocycles.